The summed E-state index contributed by atoms with van der Waals surface area (Å²) < 4.78 is 7.47. The monoisotopic (exact) mass is 223 g/mol. The van der Waals surface area contributed by atoms with Gasteiger partial charge in [-0.25, -0.2) is 0 Å². The molecule has 0 bridgehead atoms. The minimum absolute atomic E-state index is 0.243. The normalized spacial score (nSPS) is 27.2. The van der Waals surface area contributed by atoms with Gasteiger partial charge in [0.25, 0.3) is 0 Å². The molecule has 16 heavy (non-hydrogen) atoms. The molecule has 90 valence electrons. The Morgan fingerprint density at radius 1 is 1.69 bits per heavy atom. The Morgan fingerprint density at radius 3 is 3.06 bits per heavy atom. The minimum atomic E-state index is 0.243. The largest absolute Gasteiger partial charge is 0.378 e. The fraction of sp³-hybridized carbons (Fsp3) is 0.750. The quantitative estimate of drug-likeness (QED) is 0.831. The van der Waals surface area contributed by atoms with E-state index < -0.39 is 0 Å². The van der Waals surface area contributed by atoms with Gasteiger partial charge in [0.15, 0.2) is 0 Å². The predicted octanol–water partition coefficient (Wildman–Crippen LogP) is 1.10. The number of hydrogen-bond acceptors (Lipinski definition) is 3. The zero-order valence-electron chi connectivity index (χ0n) is 10.1. The third-order valence-electron chi connectivity index (χ3n) is 3.64. The van der Waals surface area contributed by atoms with E-state index in [9.17, 15) is 0 Å². The van der Waals surface area contributed by atoms with Crippen LogP contribution in [0.3, 0.4) is 0 Å². The Labute approximate surface area is 96.8 Å². The van der Waals surface area contributed by atoms with Crippen LogP contribution in [0, 0.1) is 5.92 Å². The Kier molecular flexibility index (Phi) is 3.61. The summed E-state index contributed by atoms with van der Waals surface area (Å²) in [6.07, 6.45) is 5.27. The van der Waals surface area contributed by atoms with Crippen molar-refractivity contribution in [2.75, 3.05) is 6.61 Å². The van der Waals surface area contributed by atoms with Crippen molar-refractivity contribution in [1.29, 1.82) is 0 Å². The molecule has 2 heterocycles. The standard InChI is InChI=1S/C12H21N3O/c1-9-11(6-8-16-9)12(13)4-3-10-5-7-14-15(10)2/h5,7,9,11-12H,3-4,6,8,13H2,1-2H3. The highest BCUT2D eigenvalue weighted by molar-refractivity contribution is 5.00. The first-order valence-electron chi connectivity index (χ1n) is 6.02. The van der Waals surface area contributed by atoms with Crippen LogP contribution in [0.25, 0.3) is 0 Å². The van der Waals surface area contributed by atoms with Gasteiger partial charge < -0.3 is 10.5 Å². The lowest BCUT2D eigenvalue weighted by Crippen LogP contribution is -2.34. The second-order valence-electron chi connectivity index (χ2n) is 4.68. The molecule has 0 spiro atoms. The van der Waals surface area contributed by atoms with Gasteiger partial charge in [0, 0.05) is 37.5 Å². The first-order chi connectivity index (χ1) is 7.68. The van der Waals surface area contributed by atoms with Crippen molar-refractivity contribution in [2.45, 2.75) is 38.3 Å². The molecule has 0 saturated carbocycles. The van der Waals surface area contributed by atoms with Crippen molar-refractivity contribution in [3.8, 4) is 0 Å². The van der Waals surface area contributed by atoms with Crippen molar-refractivity contribution in [1.82, 2.24) is 9.78 Å². The van der Waals surface area contributed by atoms with Gasteiger partial charge in [0.1, 0.15) is 0 Å². The molecule has 4 heteroatoms. The number of aromatic nitrogens is 2. The van der Waals surface area contributed by atoms with Gasteiger partial charge in [-0.1, -0.05) is 0 Å². The average molecular weight is 223 g/mol. The Balaban J connectivity index is 1.84. The summed E-state index contributed by atoms with van der Waals surface area (Å²) in [6.45, 7) is 2.99. The first kappa shape index (κ1) is 11.6. The molecule has 1 aromatic rings. The number of nitrogens with two attached hydrogens (primary N) is 1. The van der Waals surface area contributed by atoms with Crippen LogP contribution in [0.5, 0.6) is 0 Å². The summed E-state index contributed by atoms with van der Waals surface area (Å²) in [4.78, 5) is 0. The van der Waals surface area contributed by atoms with Crippen molar-refractivity contribution < 1.29 is 4.74 Å². The first-order valence-corrected chi connectivity index (χ1v) is 6.02. The Hall–Kier alpha value is -0.870. The highest BCUT2D eigenvalue weighted by Gasteiger charge is 2.29. The van der Waals surface area contributed by atoms with E-state index in [1.54, 1.807) is 0 Å². The molecule has 1 saturated heterocycles. The average Bonchev–Trinajstić information content (AvgIpc) is 2.84. The Morgan fingerprint density at radius 2 is 2.50 bits per heavy atom. The number of rotatable bonds is 4. The molecule has 3 unspecified atom stereocenters. The van der Waals surface area contributed by atoms with E-state index in [1.165, 1.54) is 5.69 Å². The topological polar surface area (TPSA) is 53.1 Å². The summed E-state index contributed by atoms with van der Waals surface area (Å²) in [5.41, 5.74) is 7.48. The van der Waals surface area contributed by atoms with Crippen molar-refractivity contribution in [3.05, 3.63) is 18.0 Å². The third-order valence-corrected chi connectivity index (χ3v) is 3.64. The summed E-state index contributed by atoms with van der Waals surface area (Å²) >= 11 is 0. The summed E-state index contributed by atoms with van der Waals surface area (Å²) in [6, 6.07) is 2.30. The maximum absolute atomic E-state index is 6.23. The molecule has 0 aliphatic carbocycles. The number of nitrogens with zero attached hydrogens (tertiary/aromatic N) is 2. The van der Waals surface area contributed by atoms with Crippen molar-refractivity contribution >= 4 is 0 Å². The van der Waals surface area contributed by atoms with E-state index in [2.05, 4.69) is 18.1 Å². The number of hydrogen-bond donors (Lipinski definition) is 1. The molecule has 4 nitrogen and oxygen atoms in total. The maximum atomic E-state index is 6.23. The van der Waals surface area contributed by atoms with Crippen LogP contribution in [0.2, 0.25) is 0 Å². The summed E-state index contributed by atoms with van der Waals surface area (Å²) in [7, 11) is 1.97. The number of aryl methyl sites for hydroxylation is 2. The van der Waals surface area contributed by atoms with Gasteiger partial charge in [-0.15, -0.1) is 0 Å². The maximum Gasteiger partial charge on any atom is 0.0590 e. The predicted molar refractivity (Wildman–Crippen MR) is 63.0 cm³/mol. The van der Waals surface area contributed by atoms with E-state index in [0.717, 1.165) is 25.9 Å². The van der Waals surface area contributed by atoms with Crippen LogP contribution in [0.1, 0.15) is 25.5 Å². The van der Waals surface area contributed by atoms with E-state index in [0.29, 0.717) is 12.0 Å². The molecular formula is C12H21N3O. The van der Waals surface area contributed by atoms with E-state index in [-0.39, 0.29) is 6.04 Å². The lowest BCUT2D eigenvalue weighted by Gasteiger charge is -2.21. The second-order valence-corrected chi connectivity index (χ2v) is 4.68. The third kappa shape index (κ3) is 2.44. The van der Waals surface area contributed by atoms with E-state index in [1.807, 2.05) is 17.9 Å². The van der Waals surface area contributed by atoms with E-state index in [4.69, 9.17) is 10.5 Å². The van der Waals surface area contributed by atoms with Crippen LogP contribution in [0.15, 0.2) is 12.3 Å². The minimum Gasteiger partial charge on any atom is -0.378 e. The van der Waals surface area contributed by atoms with Crippen LogP contribution >= 0.6 is 0 Å². The highest BCUT2D eigenvalue weighted by Crippen LogP contribution is 2.24. The van der Waals surface area contributed by atoms with Crippen molar-refractivity contribution in [3.63, 3.8) is 0 Å². The Bertz CT molecular complexity index is 337. The van der Waals surface area contributed by atoms with Crippen LogP contribution in [0.4, 0.5) is 0 Å². The SMILES string of the molecule is CC1OCCC1C(N)CCc1ccnn1C. The number of ether oxygens (including phenoxy) is 1. The van der Waals surface area contributed by atoms with Crippen molar-refractivity contribution in [2.24, 2.45) is 18.7 Å². The van der Waals surface area contributed by atoms with Crippen LogP contribution < -0.4 is 5.73 Å². The molecular weight excluding hydrogens is 202 g/mol. The molecule has 1 aliphatic rings. The van der Waals surface area contributed by atoms with Gasteiger partial charge >= 0.3 is 0 Å². The molecule has 2 N–H and O–H groups in total. The summed E-state index contributed by atoms with van der Waals surface area (Å²) in [5, 5.41) is 4.16. The van der Waals surface area contributed by atoms with Crippen LogP contribution in [-0.4, -0.2) is 28.5 Å². The molecule has 1 aromatic heterocycles. The van der Waals surface area contributed by atoms with Crippen LogP contribution in [-0.2, 0) is 18.2 Å². The molecule has 1 aliphatic heterocycles. The lowest BCUT2D eigenvalue weighted by molar-refractivity contribution is 0.0986. The zero-order valence-corrected chi connectivity index (χ0v) is 10.1. The zero-order chi connectivity index (χ0) is 11.5. The van der Waals surface area contributed by atoms with Gasteiger partial charge in [-0.3, -0.25) is 4.68 Å². The fourth-order valence-corrected chi connectivity index (χ4v) is 2.49. The molecule has 0 radical (unpaired) electrons. The van der Waals surface area contributed by atoms with E-state index >= 15 is 0 Å². The van der Waals surface area contributed by atoms with Gasteiger partial charge in [-0.2, -0.15) is 5.10 Å². The van der Waals surface area contributed by atoms with Gasteiger partial charge in [0.05, 0.1) is 6.10 Å². The summed E-state index contributed by atoms with van der Waals surface area (Å²) in [5.74, 6) is 0.522. The second kappa shape index (κ2) is 4.97. The molecule has 2 rings (SSSR count). The molecule has 0 amide bonds. The highest BCUT2D eigenvalue weighted by atomic mass is 16.5. The smallest absolute Gasteiger partial charge is 0.0590 e. The molecule has 3 atom stereocenters. The van der Waals surface area contributed by atoms with Gasteiger partial charge in [0.2, 0.25) is 0 Å². The van der Waals surface area contributed by atoms with Gasteiger partial charge in [-0.05, 0) is 32.3 Å². The molecule has 1 fully saturated rings. The fourth-order valence-electron chi connectivity index (χ4n) is 2.49. The lowest BCUT2D eigenvalue weighted by atomic mass is 9.90. The molecule has 0 aromatic carbocycles.